The minimum absolute atomic E-state index is 0.0555. The first kappa shape index (κ1) is 23.2. The van der Waals surface area contributed by atoms with Gasteiger partial charge in [0.1, 0.15) is 11.5 Å². The number of ether oxygens (including phenoxy) is 3. The van der Waals surface area contributed by atoms with E-state index in [1.54, 1.807) is 25.0 Å². The number of benzene rings is 2. The lowest BCUT2D eigenvalue weighted by molar-refractivity contribution is -0.132. The number of methoxy groups -OCH3 is 1. The molecule has 0 saturated carbocycles. The van der Waals surface area contributed by atoms with Gasteiger partial charge in [0.2, 0.25) is 0 Å². The standard InChI is InChI=1S/C25H30N2O5/c1-6-26(7-2)23(28)16-32-20-13-14-22-21(15-20)24(25(29)31-8-3)17(4)27(22)18-9-11-19(30-5)12-10-18/h9-15H,6-8,16H2,1-5H3. The van der Waals surface area contributed by atoms with Gasteiger partial charge in [-0.15, -0.1) is 0 Å². The predicted molar refractivity (Wildman–Crippen MR) is 124 cm³/mol. The summed E-state index contributed by atoms with van der Waals surface area (Å²) in [5.41, 5.74) is 2.99. The molecule has 0 unspecified atom stereocenters. The molecule has 0 aliphatic heterocycles. The number of rotatable bonds is 9. The second kappa shape index (κ2) is 10.2. The smallest absolute Gasteiger partial charge is 0.340 e. The summed E-state index contributed by atoms with van der Waals surface area (Å²) in [5, 5.41) is 0.713. The maximum atomic E-state index is 12.8. The molecule has 2 aromatic carbocycles. The van der Waals surface area contributed by atoms with Gasteiger partial charge in [0.25, 0.3) is 5.91 Å². The van der Waals surface area contributed by atoms with Crippen LogP contribution in [0.3, 0.4) is 0 Å². The molecule has 0 aliphatic carbocycles. The summed E-state index contributed by atoms with van der Waals surface area (Å²) in [6, 6.07) is 13.1. The number of esters is 1. The molecule has 1 heterocycles. The highest BCUT2D eigenvalue weighted by Crippen LogP contribution is 2.33. The Morgan fingerprint density at radius 2 is 1.62 bits per heavy atom. The lowest BCUT2D eigenvalue weighted by Gasteiger charge is -2.18. The van der Waals surface area contributed by atoms with Crippen LogP contribution in [0.4, 0.5) is 0 Å². The largest absolute Gasteiger partial charge is 0.497 e. The number of amides is 1. The van der Waals surface area contributed by atoms with Gasteiger partial charge in [-0.1, -0.05) is 0 Å². The van der Waals surface area contributed by atoms with Crippen molar-refractivity contribution < 1.29 is 23.8 Å². The zero-order valence-electron chi connectivity index (χ0n) is 19.3. The second-order valence-electron chi connectivity index (χ2n) is 7.25. The van der Waals surface area contributed by atoms with Crippen molar-refractivity contribution in [2.45, 2.75) is 27.7 Å². The van der Waals surface area contributed by atoms with E-state index in [4.69, 9.17) is 14.2 Å². The van der Waals surface area contributed by atoms with Crippen molar-refractivity contribution in [1.29, 1.82) is 0 Å². The van der Waals surface area contributed by atoms with Crippen molar-refractivity contribution in [3.8, 4) is 17.2 Å². The van der Waals surface area contributed by atoms with Crippen LogP contribution >= 0.6 is 0 Å². The van der Waals surface area contributed by atoms with Crippen molar-refractivity contribution in [3.05, 3.63) is 53.7 Å². The molecule has 0 N–H and O–H groups in total. The topological polar surface area (TPSA) is 70.0 Å². The molecule has 170 valence electrons. The van der Waals surface area contributed by atoms with Gasteiger partial charge >= 0.3 is 5.97 Å². The third-order valence-electron chi connectivity index (χ3n) is 5.46. The van der Waals surface area contributed by atoms with E-state index in [1.807, 2.05) is 61.7 Å². The molecule has 32 heavy (non-hydrogen) atoms. The first-order chi connectivity index (χ1) is 15.4. The van der Waals surface area contributed by atoms with Crippen LogP contribution in [0.15, 0.2) is 42.5 Å². The molecule has 7 nitrogen and oxygen atoms in total. The Balaban J connectivity index is 2.05. The van der Waals surface area contributed by atoms with Crippen LogP contribution in [-0.4, -0.2) is 54.8 Å². The highest BCUT2D eigenvalue weighted by molar-refractivity contribution is 6.07. The van der Waals surface area contributed by atoms with Crippen molar-refractivity contribution in [1.82, 2.24) is 9.47 Å². The maximum absolute atomic E-state index is 12.8. The van der Waals surface area contributed by atoms with E-state index in [2.05, 4.69) is 0 Å². The van der Waals surface area contributed by atoms with Crippen molar-refractivity contribution in [2.75, 3.05) is 33.4 Å². The molecule has 3 rings (SSSR count). The normalized spacial score (nSPS) is 10.8. The zero-order valence-corrected chi connectivity index (χ0v) is 19.3. The van der Waals surface area contributed by atoms with Crippen LogP contribution in [0.2, 0.25) is 0 Å². The summed E-state index contributed by atoms with van der Waals surface area (Å²) in [7, 11) is 1.62. The SMILES string of the molecule is CCOC(=O)c1c(C)n(-c2ccc(OC)cc2)c2ccc(OCC(=O)N(CC)CC)cc12. The molecule has 7 heteroatoms. The fraction of sp³-hybridized carbons (Fsp3) is 0.360. The van der Waals surface area contributed by atoms with Crippen LogP contribution in [-0.2, 0) is 9.53 Å². The van der Waals surface area contributed by atoms with Crippen LogP contribution in [0.1, 0.15) is 36.8 Å². The summed E-state index contributed by atoms with van der Waals surface area (Å²) < 4.78 is 18.4. The van der Waals surface area contributed by atoms with E-state index < -0.39 is 5.97 Å². The number of carbonyl (C=O) groups is 2. The Labute approximate surface area is 188 Å². The molecule has 0 spiro atoms. The predicted octanol–water partition coefficient (Wildman–Crippen LogP) is 4.37. The van der Waals surface area contributed by atoms with Crippen LogP contribution in [0.25, 0.3) is 16.6 Å². The van der Waals surface area contributed by atoms with Gasteiger partial charge in [-0.2, -0.15) is 0 Å². The Bertz CT molecular complexity index is 1100. The van der Waals surface area contributed by atoms with Gasteiger partial charge in [-0.25, -0.2) is 4.79 Å². The molecule has 0 bridgehead atoms. The number of hydrogen-bond donors (Lipinski definition) is 0. The fourth-order valence-electron chi connectivity index (χ4n) is 3.83. The maximum Gasteiger partial charge on any atom is 0.340 e. The van der Waals surface area contributed by atoms with Crippen molar-refractivity contribution in [3.63, 3.8) is 0 Å². The molecule has 1 amide bonds. The molecule has 0 radical (unpaired) electrons. The molecule has 0 saturated heterocycles. The van der Waals surface area contributed by atoms with Crippen molar-refractivity contribution in [2.24, 2.45) is 0 Å². The highest BCUT2D eigenvalue weighted by atomic mass is 16.5. The average Bonchev–Trinajstić information content (AvgIpc) is 3.09. The summed E-state index contributed by atoms with van der Waals surface area (Å²) in [6.07, 6.45) is 0. The van der Waals surface area contributed by atoms with E-state index >= 15 is 0 Å². The van der Waals surface area contributed by atoms with Gasteiger partial charge in [0.05, 0.1) is 24.8 Å². The van der Waals surface area contributed by atoms with Gasteiger partial charge in [0.15, 0.2) is 6.61 Å². The molecular weight excluding hydrogens is 408 g/mol. The van der Waals surface area contributed by atoms with Crippen LogP contribution in [0.5, 0.6) is 11.5 Å². The number of aromatic nitrogens is 1. The number of nitrogens with zero attached hydrogens (tertiary/aromatic N) is 2. The van der Waals surface area contributed by atoms with Crippen LogP contribution in [0, 0.1) is 6.92 Å². The highest BCUT2D eigenvalue weighted by Gasteiger charge is 2.23. The average molecular weight is 439 g/mol. The monoisotopic (exact) mass is 438 g/mol. The minimum Gasteiger partial charge on any atom is -0.497 e. The van der Waals surface area contributed by atoms with Crippen LogP contribution < -0.4 is 9.47 Å². The molecule has 3 aromatic rings. The van der Waals surface area contributed by atoms with Gasteiger partial charge < -0.3 is 23.7 Å². The summed E-state index contributed by atoms with van der Waals surface area (Å²) in [5.74, 6) is 0.809. The summed E-state index contributed by atoms with van der Waals surface area (Å²) in [4.78, 5) is 26.8. The van der Waals surface area contributed by atoms with E-state index in [1.165, 1.54) is 0 Å². The van der Waals surface area contributed by atoms with E-state index in [-0.39, 0.29) is 19.1 Å². The number of carbonyl (C=O) groups excluding carboxylic acids is 2. The van der Waals surface area contributed by atoms with E-state index in [0.29, 0.717) is 29.8 Å². The Kier molecular flexibility index (Phi) is 7.41. The van der Waals surface area contributed by atoms with Crippen molar-refractivity contribution >= 4 is 22.8 Å². The Morgan fingerprint density at radius 1 is 0.969 bits per heavy atom. The second-order valence-corrected chi connectivity index (χ2v) is 7.25. The summed E-state index contributed by atoms with van der Waals surface area (Å²) >= 11 is 0. The van der Waals surface area contributed by atoms with Gasteiger partial charge in [0, 0.05) is 29.9 Å². The Hall–Kier alpha value is -3.48. The molecule has 0 aliphatic rings. The number of hydrogen-bond acceptors (Lipinski definition) is 5. The van der Waals surface area contributed by atoms with Gasteiger partial charge in [-0.05, 0) is 70.2 Å². The zero-order chi connectivity index (χ0) is 23.3. The number of likely N-dealkylation sites (N-methyl/N-ethyl adjacent to an activating group) is 1. The Morgan fingerprint density at radius 3 is 2.22 bits per heavy atom. The van der Waals surface area contributed by atoms with E-state index in [0.717, 1.165) is 22.6 Å². The fourth-order valence-corrected chi connectivity index (χ4v) is 3.83. The third-order valence-corrected chi connectivity index (χ3v) is 5.46. The quantitative estimate of drug-likeness (QED) is 0.464. The molecular formula is C25H30N2O5. The first-order valence-corrected chi connectivity index (χ1v) is 10.8. The first-order valence-electron chi connectivity index (χ1n) is 10.8. The minimum atomic E-state index is -0.390. The molecule has 0 atom stereocenters. The third kappa shape index (κ3) is 4.56. The lowest BCUT2D eigenvalue weighted by atomic mass is 10.1. The van der Waals surface area contributed by atoms with Gasteiger partial charge in [-0.3, -0.25) is 4.79 Å². The summed E-state index contributed by atoms with van der Waals surface area (Å²) in [6.45, 7) is 9.03. The molecule has 1 aromatic heterocycles. The lowest BCUT2D eigenvalue weighted by Crippen LogP contribution is -2.34. The van der Waals surface area contributed by atoms with E-state index in [9.17, 15) is 9.59 Å². The number of fused-ring (bicyclic) bond motifs is 1. The molecule has 0 fully saturated rings.